The van der Waals surface area contributed by atoms with Gasteiger partial charge in [-0.3, -0.25) is 0 Å². The molecular formula is C28H30O6. The van der Waals surface area contributed by atoms with E-state index in [1.807, 2.05) is 42.5 Å². The maximum Gasteiger partial charge on any atom is 0.338 e. The maximum atomic E-state index is 13.5. The van der Waals surface area contributed by atoms with Gasteiger partial charge < -0.3 is 23.7 Å². The van der Waals surface area contributed by atoms with E-state index in [4.69, 9.17) is 23.7 Å². The third-order valence-electron chi connectivity index (χ3n) is 9.09. The summed E-state index contributed by atoms with van der Waals surface area (Å²) < 4.78 is 30.8. The largest absolute Gasteiger partial charge is 0.497 e. The number of hydrogen-bond acceptors (Lipinski definition) is 6. The van der Waals surface area contributed by atoms with Crippen LogP contribution in [0.4, 0.5) is 0 Å². The Labute approximate surface area is 199 Å². The Kier molecular flexibility index (Phi) is 4.41. The summed E-state index contributed by atoms with van der Waals surface area (Å²) >= 11 is 0. The monoisotopic (exact) mass is 462 g/mol. The summed E-state index contributed by atoms with van der Waals surface area (Å²) in [6, 6.07) is 13.2. The van der Waals surface area contributed by atoms with E-state index in [9.17, 15) is 4.79 Å². The van der Waals surface area contributed by atoms with Crippen molar-refractivity contribution >= 4 is 5.97 Å². The van der Waals surface area contributed by atoms with Crippen molar-refractivity contribution in [2.24, 2.45) is 23.7 Å². The van der Waals surface area contributed by atoms with E-state index in [2.05, 4.69) is 6.92 Å². The zero-order valence-electron chi connectivity index (χ0n) is 19.6. The quantitative estimate of drug-likeness (QED) is 0.586. The van der Waals surface area contributed by atoms with Crippen molar-refractivity contribution in [1.82, 2.24) is 0 Å². The number of fused-ring (bicyclic) bond motifs is 4. The summed E-state index contributed by atoms with van der Waals surface area (Å²) in [7, 11) is 1.62. The molecule has 2 unspecified atom stereocenters. The van der Waals surface area contributed by atoms with E-state index >= 15 is 0 Å². The minimum Gasteiger partial charge on any atom is -0.497 e. The summed E-state index contributed by atoms with van der Waals surface area (Å²) in [6.07, 6.45) is 5.28. The van der Waals surface area contributed by atoms with Gasteiger partial charge in [0.15, 0.2) is 6.10 Å². The number of carbonyl (C=O) groups excluding carboxylic acids is 1. The van der Waals surface area contributed by atoms with Crippen LogP contribution < -0.4 is 9.47 Å². The molecule has 0 N–H and O–H groups in total. The highest BCUT2D eigenvalue weighted by Crippen LogP contribution is 2.60. The fourth-order valence-corrected chi connectivity index (χ4v) is 7.50. The lowest BCUT2D eigenvalue weighted by Crippen LogP contribution is -2.58. The van der Waals surface area contributed by atoms with Crippen LogP contribution in [0.5, 0.6) is 17.2 Å². The molecule has 2 atom stereocenters. The molecule has 2 heterocycles. The van der Waals surface area contributed by atoms with Gasteiger partial charge >= 0.3 is 5.97 Å². The third kappa shape index (κ3) is 2.85. The normalized spacial score (nSPS) is 38.8. The second kappa shape index (κ2) is 7.22. The van der Waals surface area contributed by atoms with Crippen molar-refractivity contribution in [3.05, 3.63) is 53.6 Å². The summed E-state index contributed by atoms with van der Waals surface area (Å²) in [4.78, 5) is 13.5. The molecule has 4 bridgehead atoms. The fourth-order valence-electron chi connectivity index (χ4n) is 7.50. The molecule has 1 saturated heterocycles. The number of rotatable bonds is 3. The first-order valence-corrected chi connectivity index (χ1v) is 12.5. The Bertz CT molecular complexity index is 1130. The fraction of sp³-hybridized carbons (Fsp3) is 0.536. The molecule has 8 rings (SSSR count). The average Bonchev–Trinajstić information content (AvgIpc) is 3.29. The van der Waals surface area contributed by atoms with Gasteiger partial charge in [-0.2, -0.15) is 0 Å². The molecule has 4 aliphatic carbocycles. The van der Waals surface area contributed by atoms with E-state index in [0.29, 0.717) is 34.6 Å². The smallest absolute Gasteiger partial charge is 0.338 e. The number of benzene rings is 2. The van der Waals surface area contributed by atoms with Crippen LogP contribution >= 0.6 is 0 Å². The first kappa shape index (κ1) is 20.8. The van der Waals surface area contributed by atoms with Crippen LogP contribution in [0.1, 0.15) is 50.2 Å². The topological polar surface area (TPSA) is 63.2 Å². The van der Waals surface area contributed by atoms with E-state index in [1.54, 1.807) is 7.11 Å². The molecule has 0 radical (unpaired) electrons. The van der Waals surface area contributed by atoms with Gasteiger partial charge in [0.1, 0.15) is 22.8 Å². The SMILES string of the molecule is COc1ccc2c(c1)C1(OCC(C(=O)OC3(C)C4CC5CC(C4)CC3C5)O1)c1ccccc1O2. The number of methoxy groups -OCH3 is 1. The predicted octanol–water partition coefficient (Wildman–Crippen LogP) is 5.18. The van der Waals surface area contributed by atoms with Gasteiger partial charge in [-0.1, -0.05) is 12.1 Å². The lowest BCUT2D eigenvalue weighted by atomic mass is 9.50. The minimum absolute atomic E-state index is 0.125. The molecule has 2 aliphatic heterocycles. The van der Waals surface area contributed by atoms with E-state index in [-0.39, 0.29) is 12.6 Å². The van der Waals surface area contributed by atoms with Gasteiger partial charge in [-0.15, -0.1) is 0 Å². The van der Waals surface area contributed by atoms with Crippen molar-refractivity contribution in [3.8, 4) is 17.2 Å². The zero-order chi connectivity index (χ0) is 23.1. The van der Waals surface area contributed by atoms with Crippen molar-refractivity contribution in [2.75, 3.05) is 13.7 Å². The number of ether oxygens (including phenoxy) is 5. The highest BCUT2D eigenvalue weighted by Gasteiger charge is 2.59. The third-order valence-corrected chi connectivity index (χ3v) is 9.09. The standard InChI is InChI=1S/C28H30O6/c1-27(18-10-16-9-17(12-18)13-19(27)11-16)34-26(29)25-15-31-28(33-25)21-5-3-4-6-23(21)32-24-8-7-20(30-2)14-22(24)28/h3-8,14,16-19,25H,9-13,15H2,1-2H3. The Hall–Kier alpha value is -2.57. The summed E-state index contributed by atoms with van der Waals surface area (Å²) in [6.45, 7) is 2.29. The molecule has 178 valence electrons. The van der Waals surface area contributed by atoms with E-state index in [1.165, 1.54) is 32.1 Å². The molecule has 2 aromatic carbocycles. The lowest BCUT2D eigenvalue weighted by Gasteiger charge is -2.59. The second-order valence-electron chi connectivity index (χ2n) is 10.9. The Balaban J connectivity index is 1.20. The second-order valence-corrected chi connectivity index (χ2v) is 10.9. The molecule has 6 aliphatic rings. The lowest BCUT2D eigenvalue weighted by molar-refractivity contribution is -0.216. The van der Waals surface area contributed by atoms with Crippen molar-refractivity contribution in [2.45, 2.75) is 56.5 Å². The number of carbonyl (C=O) groups is 1. The zero-order valence-corrected chi connectivity index (χ0v) is 19.6. The van der Waals surface area contributed by atoms with Crippen LogP contribution in [0.15, 0.2) is 42.5 Å². The first-order chi connectivity index (χ1) is 16.5. The molecule has 6 heteroatoms. The molecule has 6 nitrogen and oxygen atoms in total. The van der Waals surface area contributed by atoms with Crippen molar-refractivity contribution in [3.63, 3.8) is 0 Å². The van der Waals surface area contributed by atoms with Gasteiger partial charge in [-0.25, -0.2) is 4.79 Å². The van der Waals surface area contributed by atoms with Crippen LogP contribution in [0.3, 0.4) is 0 Å². The molecule has 0 aromatic heterocycles. The van der Waals surface area contributed by atoms with E-state index in [0.717, 1.165) is 17.4 Å². The van der Waals surface area contributed by atoms with E-state index < -0.39 is 17.5 Å². The molecule has 1 spiro atoms. The maximum absolute atomic E-state index is 13.5. The van der Waals surface area contributed by atoms with Gasteiger partial charge in [0.05, 0.1) is 24.8 Å². The van der Waals surface area contributed by atoms with Gasteiger partial charge in [-0.05, 0) is 93.0 Å². The number of esters is 1. The summed E-state index contributed by atoms with van der Waals surface area (Å²) in [5, 5.41) is 0. The molecule has 2 aromatic rings. The molecule has 4 saturated carbocycles. The first-order valence-electron chi connectivity index (χ1n) is 12.5. The van der Waals surface area contributed by atoms with Gasteiger partial charge in [0, 0.05) is 0 Å². The van der Waals surface area contributed by atoms with Gasteiger partial charge in [0.25, 0.3) is 0 Å². The van der Waals surface area contributed by atoms with Crippen LogP contribution in [0, 0.1) is 23.7 Å². The number of para-hydroxylation sites is 1. The Morgan fingerprint density at radius 1 is 0.941 bits per heavy atom. The van der Waals surface area contributed by atoms with Gasteiger partial charge in [0.2, 0.25) is 5.79 Å². The summed E-state index contributed by atoms with van der Waals surface area (Å²) in [5.41, 5.74) is 1.03. The average molecular weight is 463 g/mol. The van der Waals surface area contributed by atoms with Crippen molar-refractivity contribution in [1.29, 1.82) is 0 Å². The minimum atomic E-state index is -1.24. The van der Waals surface area contributed by atoms with Crippen molar-refractivity contribution < 1.29 is 28.5 Å². The molecule has 0 amide bonds. The highest BCUT2D eigenvalue weighted by atomic mass is 16.8. The predicted molar refractivity (Wildman–Crippen MR) is 123 cm³/mol. The molecular weight excluding hydrogens is 432 g/mol. The van der Waals surface area contributed by atoms with Crippen LogP contribution in [-0.4, -0.2) is 31.4 Å². The summed E-state index contributed by atoms with van der Waals surface area (Å²) in [5.74, 6) is 2.93. The Morgan fingerprint density at radius 2 is 1.65 bits per heavy atom. The molecule has 34 heavy (non-hydrogen) atoms. The Morgan fingerprint density at radius 3 is 2.38 bits per heavy atom. The number of hydrogen-bond donors (Lipinski definition) is 0. The molecule has 5 fully saturated rings. The van der Waals surface area contributed by atoms with Crippen LogP contribution in [0.2, 0.25) is 0 Å². The van der Waals surface area contributed by atoms with Crippen LogP contribution in [0.25, 0.3) is 0 Å². The highest BCUT2D eigenvalue weighted by molar-refractivity contribution is 5.76. The van der Waals surface area contributed by atoms with Crippen LogP contribution in [-0.2, 0) is 24.8 Å².